The fourth-order valence-electron chi connectivity index (χ4n) is 12.5. The van der Waals surface area contributed by atoms with E-state index in [1.807, 2.05) is 78.9 Å². The van der Waals surface area contributed by atoms with Crippen molar-refractivity contribution in [2.24, 2.45) is 0 Å². The molecule has 0 N–H and O–H groups in total. The maximum absolute atomic E-state index is 12.7. The molecule has 16 aromatic rings. The molecule has 0 aliphatic heterocycles. The minimum atomic E-state index is -0.450. The van der Waals surface area contributed by atoms with E-state index >= 15 is 0 Å². The van der Waals surface area contributed by atoms with Crippen LogP contribution < -0.4 is 0 Å². The van der Waals surface area contributed by atoms with E-state index in [1.165, 1.54) is 0 Å². The van der Waals surface area contributed by atoms with Crippen molar-refractivity contribution in [3.63, 3.8) is 0 Å². The number of aromatic nitrogens is 2. The van der Waals surface area contributed by atoms with Crippen LogP contribution in [0.4, 0.5) is 5.69 Å². The number of para-hydroxylation sites is 2. The maximum Gasteiger partial charge on any atom is 0.220 e. The number of nitriles is 1. The van der Waals surface area contributed by atoms with Gasteiger partial charge in [0.1, 0.15) is 6.07 Å². The van der Waals surface area contributed by atoms with Crippen LogP contribution in [0.3, 0.4) is 0 Å². The lowest BCUT2D eigenvalue weighted by Crippen LogP contribution is -2.09. The molecule has 0 aliphatic carbocycles. The van der Waals surface area contributed by atoms with Crippen LogP contribution in [-0.4, -0.2) is 9.13 Å². The summed E-state index contributed by atoms with van der Waals surface area (Å²) in [6.45, 7) is 9.66. The second-order valence-electron chi connectivity index (χ2n) is 20.0. The Kier molecular flexibility index (Phi) is 9.26. The van der Waals surface area contributed by atoms with Gasteiger partial charge in [-0.05, 0) is 80.9 Å². The fourth-order valence-corrected chi connectivity index (χ4v) is 15.0. The summed E-state index contributed by atoms with van der Waals surface area (Å²) < 4.78 is 53.0. The Balaban J connectivity index is 1.18. The van der Waals surface area contributed by atoms with Crippen LogP contribution >= 0.6 is 22.7 Å². The number of fused-ring (bicyclic) bond motifs is 14. The summed E-state index contributed by atoms with van der Waals surface area (Å²) in [6, 6.07) is 77.9. The zero-order valence-electron chi connectivity index (χ0n) is 47.5. The predicted molar refractivity (Wildman–Crippen MR) is 339 cm³/mol. The van der Waals surface area contributed by atoms with Crippen LogP contribution in [-0.2, 0) is 0 Å². The molecule has 0 aliphatic rings. The molecule has 0 atom stereocenters. The average molecular weight is 1060 g/mol. The highest BCUT2D eigenvalue weighted by Crippen LogP contribution is 2.55. The van der Waals surface area contributed by atoms with Gasteiger partial charge >= 0.3 is 0 Å². The van der Waals surface area contributed by atoms with Crippen LogP contribution in [0.1, 0.15) is 12.4 Å². The van der Waals surface area contributed by atoms with Crippen LogP contribution in [0.2, 0.25) is 0 Å². The molecule has 0 radical (unpaired) electrons. The van der Waals surface area contributed by atoms with Crippen LogP contribution in [0.15, 0.2) is 255 Å². The Morgan fingerprint density at radius 1 is 0.412 bits per heavy atom. The molecule has 0 amide bonds. The molecule has 16 rings (SSSR count). The highest BCUT2D eigenvalue weighted by molar-refractivity contribution is 7.27. The highest BCUT2D eigenvalue weighted by Gasteiger charge is 2.33. The summed E-state index contributed by atoms with van der Waals surface area (Å²) >= 11 is 3.29. The first-order valence-electron chi connectivity index (χ1n) is 28.8. The largest absolute Gasteiger partial charge is 0.318 e. The van der Waals surface area contributed by atoms with E-state index in [2.05, 4.69) is 166 Å². The minimum Gasteiger partial charge on any atom is -0.318 e. The van der Waals surface area contributed by atoms with Gasteiger partial charge in [-0.25, -0.2) is 4.85 Å². The standard InChI is InChI=1S/C74H42N4S2/c1-76-68-65(50-28-17-26-48(42-50)45-20-5-2-6-21-45)60(44-75)69(66(51-29-18-27-49(43-51)46-22-7-3-8-23-46)72(68)77-61-34-14-11-30-53(61)54-31-12-15-35-62(54)77)78-70-56(38-40-58-55-32-13-16-36-63(55)79-73(58)70)57-39-41-59-67-52(47-24-9-4-10-25-47)33-19-37-64(67)80-74(59)71(57)78/h2-43H/i4D,9D,10D,24D,25D. The normalized spacial score (nSPS) is 12.6. The lowest BCUT2D eigenvalue weighted by atomic mass is 9.87. The molecule has 80 heavy (non-hydrogen) atoms. The number of rotatable bonds is 7. The average Bonchev–Trinajstić information content (AvgIpc) is 1.61. The van der Waals surface area contributed by atoms with Crippen molar-refractivity contribution in [2.75, 3.05) is 0 Å². The molecule has 0 bridgehead atoms. The van der Waals surface area contributed by atoms with Crippen molar-refractivity contribution < 1.29 is 6.85 Å². The van der Waals surface area contributed by atoms with E-state index in [0.717, 1.165) is 112 Å². The van der Waals surface area contributed by atoms with E-state index in [-0.39, 0.29) is 17.6 Å². The van der Waals surface area contributed by atoms with Crippen molar-refractivity contribution in [1.82, 2.24) is 9.13 Å². The molecular weight excluding hydrogens is 1010 g/mol. The van der Waals surface area contributed by atoms with Gasteiger partial charge in [-0.1, -0.05) is 218 Å². The Bertz CT molecular complexity index is 5560. The second-order valence-corrected chi connectivity index (χ2v) is 22.2. The third-order valence-electron chi connectivity index (χ3n) is 15.9. The molecule has 4 nitrogen and oxygen atoms in total. The first kappa shape index (κ1) is 40.9. The summed E-state index contributed by atoms with van der Waals surface area (Å²) in [5, 5.41) is 20.4. The Morgan fingerprint density at radius 3 is 1.55 bits per heavy atom. The number of hydrogen-bond acceptors (Lipinski definition) is 3. The Hall–Kier alpha value is -10.3. The number of benzene rings is 12. The third-order valence-corrected chi connectivity index (χ3v) is 18.2. The van der Waals surface area contributed by atoms with Gasteiger partial charge in [-0.3, -0.25) is 0 Å². The third kappa shape index (κ3) is 6.77. The van der Waals surface area contributed by atoms with E-state index in [0.29, 0.717) is 44.9 Å². The van der Waals surface area contributed by atoms with Crippen molar-refractivity contribution in [1.29, 1.82) is 5.26 Å². The monoisotopic (exact) mass is 1060 g/mol. The van der Waals surface area contributed by atoms with Gasteiger partial charge in [0.15, 0.2) is 0 Å². The molecule has 4 aromatic heterocycles. The molecule has 0 unspecified atom stereocenters. The maximum atomic E-state index is 12.7. The van der Waals surface area contributed by atoms with Gasteiger partial charge < -0.3 is 9.13 Å². The quantitative estimate of drug-likeness (QED) is 0.147. The number of hydrogen-bond donors (Lipinski definition) is 0. The van der Waals surface area contributed by atoms with Gasteiger partial charge in [0, 0.05) is 63.6 Å². The molecule has 370 valence electrons. The molecule has 4 heterocycles. The minimum absolute atomic E-state index is 0.129. The van der Waals surface area contributed by atoms with Crippen LogP contribution in [0.5, 0.6) is 0 Å². The van der Waals surface area contributed by atoms with E-state index in [9.17, 15) is 14.6 Å². The molecule has 0 fully saturated rings. The molecule has 6 heteroatoms. The number of thiophene rings is 2. The zero-order chi connectivity index (χ0) is 57.4. The van der Waals surface area contributed by atoms with E-state index in [4.69, 9.17) is 4.11 Å². The summed E-state index contributed by atoms with van der Waals surface area (Å²) in [5.74, 6) is 0. The van der Waals surface area contributed by atoms with Crippen molar-refractivity contribution in [2.45, 2.75) is 0 Å². The van der Waals surface area contributed by atoms with E-state index < -0.39 is 18.1 Å². The lowest BCUT2D eigenvalue weighted by Gasteiger charge is -2.26. The topological polar surface area (TPSA) is 38.0 Å². The van der Waals surface area contributed by atoms with Crippen LogP contribution in [0, 0.1) is 17.9 Å². The highest BCUT2D eigenvalue weighted by atomic mass is 32.1. The molecule has 12 aromatic carbocycles. The van der Waals surface area contributed by atoms with Gasteiger partial charge in [0.25, 0.3) is 0 Å². The Labute approximate surface area is 475 Å². The van der Waals surface area contributed by atoms with Gasteiger partial charge in [0.2, 0.25) is 5.69 Å². The smallest absolute Gasteiger partial charge is 0.220 e. The van der Waals surface area contributed by atoms with Gasteiger partial charge in [-0.15, -0.1) is 22.7 Å². The van der Waals surface area contributed by atoms with Crippen molar-refractivity contribution >= 4 is 112 Å². The molecular formula is C74H42N4S2. The molecule has 0 saturated heterocycles. The zero-order valence-corrected chi connectivity index (χ0v) is 44.1. The Morgan fingerprint density at radius 2 is 0.912 bits per heavy atom. The lowest BCUT2D eigenvalue weighted by molar-refractivity contribution is 1.14. The second kappa shape index (κ2) is 18.1. The summed E-state index contributed by atoms with van der Waals surface area (Å²) in [5.41, 5.74) is 12.6. The van der Waals surface area contributed by atoms with Crippen LogP contribution in [0.25, 0.3) is 156 Å². The molecule has 0 saturated carbocycles. The number of nitrogens with zero attached hydrogens (tertiary/aromatic N) is 4. The molecule has 0 spiro atoms. The fraction of sp³-hybridized carbons (Fsp3) is 0. The van der Waals surface area contributed by atoms with Crippen molar-refractivity contribution in [3.05, 3.63) is 272 Å². The van der Waals surface area contributed by atoms with Gasteiger partial charge in [0.05, 0.1) is 61.8 Å². The SMILES string of the molecule is [2H]c1c([2H])c([2H])c(-c2cccc3sc4c(ccc5c6ccc7c8ccccc8sc7c6n(-c6c(C#N)c(-c7cccc(-c8ccccc8)c7)c([N+]#[C-])c(-n7c8ccccc8c8ccccc87)c6-c6cccc(-c7ccccc7)c6)c54)c23)c([2H])c1[2H]. The summed E-state index contributed by atoms with van der Waals surface area (Å²) in [7, 11) is 0. The van der Waals surface area contributed by atoms with Gasteiger partial charge in [-0.2, -0.15) is 5.26 Å². The summed E-state index contributed by atoms with van der Waals surface area (Å²) in [4.78, 5) is 4.67. The predicted octanol–water partition coefficient (Wildman–Crippen LogP) is 21.4. The van der Waals surface area contributed by atoms with Crippen molar-refractivity contribution in [3.8, 4) is 73.1 Å². The van der Waals surface area contributed by atoms with E-state index in [1.54, 1.807) is 22.7 Å². The summed E-state index contributed by atoms with van der Waals surface area (Å²) in [6.07, 6.45) is 0. The first-order valence-corrected chi connectivity index (χ1v) is 28.0. The first-order chi connectivity index (χ1) is 41.7.